The molecule has 32 heavy (non-hydrogen) atoms. The zero-order valence-corrected chi connectivity index (χ0v) is 18.1. The molecule has 0 spiro atoms. The molecule has 1 aliphatic rings. The zero-order chi connectivity index (χ0) is 21.9. The molecular weight excluding hydrogens is 400 g/mol. The molecule has 1 aliphatic heterocycles. The van der Waals surface area contributed by atoms with Gasteiger partial charge in [-0.2, -0.15) is 0 Å². The van der Waals surface area contributed by atoms with E-state index in [2.05, 4.69) is 55.6 Å². The van der Waals surface area contributed by atoms with Crippen LogP contribution < -0.4 is 4.90 Å². The van der Waals surface area contributed by atoms with Crippen LogP contribution in [0.1, 0.15) is 35.3 Å². The maximum absolute atomic E-state index is 13.1. The summed E-state index contributed by atoms with van der Waals surface area (Å²) in [5.41, 5.74) is 3.84. The van der Waals surface area contributed by atoms with Gasteiger partial charge in [0.25, 0.3) is 5.91 Å². The van der Waals surface area contributed by atoms with Crippen molar-refractivity contribution >= 4 is 22.8 Å². The van der Waals surface area contributed by atoms with Crippen LogP contribution in [0.2, 0.25) is 0 Å². The van der Waals surface area contributed by atoms with Crippen LogP contribution in [-0.2, 0) is 0 Å². The second-order valence-electron chi connectivity index (χ2n) is 8.03. The van der Waals surface area contributed by atoms with E-state index >= 15 is 0 Å². The maximum atomic E-state index is 13.1. The lowest BCUT2D eigenvalue weighted by Gasteiger charge is -2.35. The van der Waals surface area contributed by atoms with Crippen molar-refractivity contribution in [3.8, 4) is 0 Å². The third kappa shape index (κ3) is 3.82. The normalized spacial score (nSPS) is 15.2. The van der Waals surface area contributed by atoms with Gasteiger partial charge in [0.1, 0.15) is 5.82 Å². The first-order chi connectivity index (χ1) is 15.7. The molecule has 1 atom stereocenters. The Bertz CT molecular complexity index is 1200. The molecule has 7 heteroatoms. The summed E-state index contributed by atoms with van der Waals surface area (Å²) >= 11 is 0. The van der Waals surface area contributed by atoms with Crippen molar-refractivity contribution in [2.45, 2.75) is 19.4 Å². The average Bonchev–Trinajstić information content (AvgIpc) is 3.28. The van der Waals surface area contributed by atoms with Crippen molar-refractivity contribution in [1.29, 1.82) is 0 Å². The topological polar surface area (TPSA) is 67.2 Å². The highest BCUT2D eigenvalue weighted by molar-refractivity contribution is 5.97. The van der Waals surface area contributed by atoms with Gasteiger partial charge in [-0.15, -0.1) is 0 Å². The Kier molecular flexibility index (Phi) is 5.54. The van der Waals surface area contributed by atoms with Gasteiger partial charge >= 0.3 is 0 Å². The van der Waals surface area contributed by atoms with E-state index in [9.17, 15) is 4.79 Å². The van der Waals surface area contributed by atoms with Gasteiger partial charge in [0, 0.05) is 44.1 Å². The first kappa shape index (κ1) is 20.2. The third-order valence-electron chi connectivity index (χ3n) is 6.17. The Morgan fingerprint density at radius 1 is 1.00 bits per heavy atom. The molecular formula is C25H26N6O. The molecule has 2 aromatic carbocycles. The number of imidazole rings is 1. The first-order valence-electron chi connectivity index (χ1n) is 11.1. The minimum atomic E-state index is 0.0512. The Hall–Kier alpha value is -3.74. The average molecular weight is 427 g/mol. The molecule has 5 rings (SSSR count). The number of rotatable bonds is 5. The lowest BCUT2D eigenvalue weighted by molar-refractivity contribution is 0.0746. The summed E-state index contributed by atoms with van der Waals surface area (Å²) in [5, 5.41) is 0. The Balaban J connectivity index is 1.33. The van der Waals surface area contributed by atoms with Crippen LogP contribution in [0.15, 0.2) is 73.4 Å². The molecule has 0 saturated carbocycles. The molecule has 4 aromatic rings. The van der Waals surface area contributed by atoms with Gasteiger partial charge in [0.05, 0.1) is 29.6 Å². The highest BCUT2D eigenvalue weighted by Gasteiger charge is 2.24. The van der Waals surface area contributed by atoms with Crippen LogP contribution in [0, 0.1) is 0 Å². The minimum absolute atomic E-state index is 0.0512. The number of fused-ring (bicyclic) bond motifs is 1. The van der Waals surface area contributed by atoms with Crippen LogP contribution in [0.5, 0.6) is 0 Å². The second-order valence-corrected chi connectivity index (χ2v) is 8.03. The molecule has 0 aliphatic carbocycles. The number of piperazine rings is 1. The van der Waals surface area contributed by atoms with Gasteiger partial charge in [-0.05, 0) is 30.2 Å². The molecule has 0 radical (unpaired) electrons. The van der Waals surface area contributed by atoms with E-state index in [1.807, 2.05) is 35.5 Å². The number of benzene rings is 2. The smallest absolute Gasteiger partial charge is 0.254 e. The summed E-state index contributed by atoms with van der Waals surface area (Å²) in [6, 6.07) is 16.6. The summed E-state index contributed by atoms with van der Waals surface area (Å²) in [7, 11) is 0. The number of hydrogen-bond acceptors (Lipinski definition) is 5. The molecule has 162 valence electrons. The number of anilines is 1. The standard InChI is InChI=1S/C25H26N6O/c1-2-22(19-6-4-3-5-7-19)31-18-28-21-16-20(8-9-23(21)31)25(32)30-14-12-29(13-15-30)24-17-26-10-11-27-24/h3-11,16-18,22H,2,12-15H2,1H3. The van der Waals surface area contributed by atoms with E-state index < -0.39 is 0 Å². The van der Waals surface area contributed by atoms with Gasteiger partial charge in [0.2, 0.25) is 0 Å². The van der Waals surface area contributed by atoms with Crippen LogP contribution in [0.4, 0.5) is 5.82 Å². The number of aromatic nitrogens is 4. The maximum Gasteiger partial charge on any atom is 0.254 e. The van der Waals surface area contributed by atoms with E-state index in [-0.39, 0.29) is 11.9 Å². The van der Waals surface area contributed by atoms with Crippen molar-refractivity contribution in [1.82, 2.24) is 24.4 Å². The fraction of sp³-hybridized carbons (Fsp3) is 0.280. The van der Waals surface area contributed by atoms with Crippen LogP contribution in [0.25, 0.3) is 11.0 Å². The number of nitrogens with zero attached hydrogens (tertiary/aromatic N) is 6. The monoisotopic (exact) mass is 426 g/mol. The summed E-state index contributed by atoms with van der Waals surface area (Å²) in [5.74, 6) is 0.908. The second kappa shape index (κ2) is 8.78. The van der Waals surface area contributed by atoms with Gasteiger partial charge in [-0.1, -0.05) is 37.3 Å². The quantitative estimate of drug-likeness (QED) is 0.486. The van der Waals surface area contributed by atoms with E-state index in [1.54, 1.807) is 18.6 Å². The van der Waals surface area contributed by atoms with Gasteiger partial charge in [0.15, 0.2) is 0 Å². The summed E-state index contributed by atoms with van der Waals surface area (Å²) in [6.07, 6.45) is 7.98. The molecule has 7 nitrogen and oxygen atoms in total. The molecule has 3 heterocycles. The van der Waals surface area contributed by atoms with Crippen molar-refractivity contribution in [3.63, 3.8) is 0 Å². The molecule has 0 N–H and O–H groups in total. The largest absolute Gasteiger partial charge is 0.352 e. The van der Waals surface area contributed by atoms with E-state index in [1.165, 1.54) is 5.56 Å². The van der Waals surface area contributed by atoms with E-state index in [4.69, 9.17) is 0 Å². The van der Waals surface area contributed by atoms with Gasteiger partial charge in [-0.25, -0.2) is 9.97 Å². The van der Waals surface area contributed by atoms with Crippen molar-refractivity contribution in [3.05, 3.63) is 84.6 Å². The van der Waals surface area contributed by atoms with Gasteiger partial charge < -0.3 is 14.4 Å². The SMILES string of the molecule is CCC(c1ccccc1)n1cnc2cc(C(=O)N3CCN(c4cnccn4)CC3)ccc21. The van der Waals surface area contributed by atoms with Crippen LogP contribution >= 0.6 is 0 Å². The molecule has 0 bridgehead atoms. The van der Waals surface area contributed by atoms with Crippen LogP contribution in [-0.4, -0.2) is 56.5 Å². The van der Waals surface area contributed by atoms with Crippen molar-refractivity contribution < 1.29 is 4.79 Å². The fourth-order valence-electron chi connectivity index (χ4n) is 4.46. The van der Waals surface area contributed by atoms with Crippen molar-refractivity contribution in [2.24, 2.45) is 0 Å². The number of carbonyl (C=O) groups is 1. The lowest BCUT2D eigenvalue weighted by atomic mass is 10.0. The minimum Gasteiger partial charge on any atom is -0.352 e. The Morgan fingerprint density at radius 2 is 1.81 bits per heavy atom. The Morgan fingerprint density at radius 3 is 2.53 bits per heavy atom. The summed E-state index contributed by atoms with van der Waals surface area (Å²) < 4.78 is 2.21. The number of hydrogen-bond donors (Lipinski definition) is 0. The third-order valence-corrected chi connectivity index (χ3v) is 6.17. The predicted molar refractivity (Wildman–Crippen MR) is 125 cm³/mol. The highest BCUT2D eigenvalue weighted by atomic mass is 16.2. The predicted octanol–water partition coefficient (Wildman–Crippen LogP) is 3.79. The fourth-order valence-corrected chi connectivity index (χ4v) is 4.46. The highest BCUT2D eigenvalue weighted by Crippen LogP contribution is 2.27. The Labute approximate surface area is 187 Å². The number of amides is 1. The van der Waals surface area contributed by atoms with E-state index in [0.29, 0.717) is 18.7 Å². The summed E-state index contributed by atoms with van der Waals surface area (Å²) in [4.78, 5) is 30.3. The summed E-state index contributed by atoms with van der Waals surface area (Å²) in [6.45, 7) is 5.00. The molecule has 1 amide bonds. The molecule has 1 fully saturated rings. The molecule has 1 saturated heterocycles. The van der Waals surface area contributed by atoms with E-state index in [0.717, 1.165) is 36.4 Å². The first-order valence-corrected chi connectivity index (χ1v) is 11.1. The van der Waals surface area contributed by atoms with Gasteiger partial charge in [-0.3, -0.25) is 9.78 Å². The molecule has 1 unspecified atom stereocenters. The van der Waals surface area contributed by atoms with Crippen molar-refractivity contribution in [2.75, 3.05) is 31.1 Å². The number of carbonyl (C=O) groups excluding carboxylic acids is 1. The van der Waals surface area contributed by atoms with Crippen LogP contribution in [0.3, 0.4) is 0 Å². The molecule has 2 aromatic heterocycles. The zero-order valence-electron chi connectivity index (χ0n) is 18.1. The lowest BCUT2D eigenvalue weighted by Crippen LogP contribution is -2.49.